The molecule has 52 heavy (non-hydrogen) atoms. The third-order valence-electron chi connectivity index (χ3n) is 10.3. The molecule has 0 amide bonds. The van der Waals surface area contributed by atoms with Crippen molar-refractivity contribution in [3.63, 3.8) is 0 Å². The number of nitrogens with zero attached hydrogens (tertiary/aromatic N) is 5. The number of fused-ring (bicyclic) bond motifs is 8. The molecule has 0 aliphatic carbocycles. The van der Waals surface area contributed by atoms with E-state index in [9.17, 15) is 0 Å². The van der Waals surface area contributed by atoms with Crippen molar-refractivity contribution in [3.05, 3.63) is 176 Å². The molecule has 4 aromatic heterocycles. The molecule has 11 aromatic rings. The average molecular weight is 664 g/mol. The molecule has 5 nitrogen and oxygen atoms in total. The van der Waals surface area contributed by atoms with Gasteiger partial charge in [-0.05, 0) is 77.5 Å². The molecule has 0 atom stereocenters. The molecule has 242 valence electrons. The van der Waals surface area contributed by atoms with E-state index in [-0.39, 0.29) is 0 Å². The van der Waals surface area contributed by atoms with Crippen molar-refractivity contribution in [2.75, 3.05) is 0 Å². The van der Waals surface area contributed by atoms with Gasteiger partial charge in [-0.2, -0.15) is 0 Å². The predicted octanol–water partition coefficient (Wildman–Crippen LogP) is 11.7. The van der Waals surface area contributed by atoms with Crippen LogP contribution in [0, 0.1) is 0 Å². The Hall–Kier alpha value is -7.11. The minimum atomic E-state index is 0.867. The highest BCUT2D eigenvalue weighted by Crippen LogP contribution is 2.41. The van der Waals surface area contributed by atoms with Crippen molar-refractivity contribution in [3.8, 4) is 34.0 Å². The van der Waals surface area contributed by atoms with Crippen LogP contribution in [0.15, 0.2) is 176 Å². The van der Waals surface area contributed by atoms with E-state index in [1.165, 1.54) is 37.8 Å². The number of aromatic nitrogens is 5. The summed E-state index contributed by atoms with van der Waals surface area (Å²) >= 11 is 0. The second-order valence-electron chi connectivity index (χ2n) is 13.3. The first kappa shape index (κ1) is 28.7. The van der Waals surface area contributed by atoms with E-state index >= 15 is 0 Å². The number of rotatable bonds is 4. The van der Waals surface area contributed by atoms with Crippen LogP contribution in [0.1, 0.15) is 0 Å². The number of benzene rings is 7. The van der Waals surface area contributed by atoms with Crippen molar-refractivity contribution >= 4 is 65.4 Å². The molecule has 0 unspecified atom stereocenters. The smallest absolute Gasteiger partial charge is 0.137 e. The monoisotopic (exact) mass is 663 g/mol. The van der Waals surface area contributed by atoms with Crippen LogP contribution < -0.4 is 0 Å². The third kappa shape index (κ3) is 4.33. The van der Waals surface area contributed by atoms with Gasteiger partial charge in [0.25, 0.3) is 0 Å². The normalized spacial score (nSPS) is 11.8. The third-order valence-corrected chi connectivity index (χ3v) is 10.3. The highest BCUT2D eigenvalue weighted by atomic mass is 15.1. The van der Waals surface area contributed by atoms with Crippen LogP contribution in [0.2, 0.25) is 0 Å². The van der Waals surface area contributed by atoms with Gasteiger partial charge >= 0.3 is 0 Å². The summed E-state index contributed by atoms with van der Waals surface area (Å²) in [5.74, 6) is 0.900. The molecule has 5 heteroatoms. The molecule has 7 aromatic carbocycles. The van der Waals surface area contributed by atoms with E-state index in [4.69, 9.17) is 15.0 Å². The fraction of sp³-hybridized carbons (Fsp3) is 0. The number of para-hydroxylation sites is 3. The molecule has 0 saturated carbocycles. The summed E-state index contributed by atoms with van der Waals surface area (Å²) in [6.07, 6.45) is 1.86. The van der Waals surface area contributed by atoms with Crippen LogP contribution >= 0.6 is 0 Å². The van der Waals surface area contributed by atoms with Gasteiger partial charge in [0.05, 0.1) is 44.5 Å². The number of pyridine rings is 1. The Labute approximate surface area is 298 Å². The van der Waals surface area contributed by atoms with Crippen LogP contribution in [0.3, 0.4) is 0 Å². The fourth-order valence-electron chi connectivity index (χ4n) is 7.94. The summed E-state index contributed by atoms with van der Waals surface area (Å²) in [5, 5.41) is 7.29. The summed E-state index contributed by atoms with van der Waals surface area (Å²) < 4.78 is 4.69. The molecule has 0 spiro atoms. The molecule has 0 N–H and O–H groups in total. The topological polar surface area (TPSA) is 48.5 Å². The van der Waals surface area contributed by atoms with Crippen molar-refractivity contribution in [2.45, 2.75) is 0 Å². The van der Waals surface area contributed by atoms with Crippen LogP contribution in [-0.4, -0.2) is 24.1 Å². The van der Waals surface area contributed by atoms with Crippen LogP contribution in [0.4, 0.5) is 0 Å². The van der Waals surface area contributed by atoms with Crippen LogP contribution in [-0.2, 0) is 0 Å². The summed E-state index contributed by atoms with van der Waals surface area (Å²) in [6, 6.07) is 60.0. The zero-order valence-corrected chi connectivity index (χ0v) is 28.0. The first-order chi connectivity index (χ1) is 25.8. The Balaban J connectivity index is 1.18. The van der Waals surface area contributed by atoms with Gasteiger partial charge in [0, 0.05) is 44.6 Å². The first-order valence-corrected chi connectivity index (χ1v) is 17.5. The second-order valence-corrected chi connectivity index (χ2v) is 13.3. The standard InChI is InChI=1S/C47H29N5/c1-2-12-30(13-3-1)46-47(50-40-18-8-7-17-39(40)49-46)31-21-23-34(24-22-31)51-42-27-33-15-5-4-14-32(33)26-36(42)38-28-37-35-16-6-9-19-41(35)52(44(37)29-43(38)51)45-20-10-11-25-48-45/h1-29H. The zero-order chi connectivity index (χ0) is 34.2. The minimum absolute atomic E-state index is 0.867. The van der Waals surface area contributed by atoms with Gasteiger partial charge in [0.1, 0.15) is 5.82 Å². The van der Waals surface area contributed by atoms with Crippen molar-refractivity contribution in [2.24, 2.45) is 0 Å². The Bertz CT molecular complexity index is 3160. The van der Waals surface area contributed by atoms with E-state index in [0.29, 0.717) is 0 Å². The maximum atomic E-state index is 5.16. The van der Waals surface area contributed by atoms with E-state index < -0.39 is 0 Å². The minimum Gasteiger partial charge on any atom is -0.309 e. The van der Waals surface area contributed by atoms with Gasteiger partial charge in [-0.15, -0.1) is 0 Å². The SMILES string of the molecule is c1ccc(-c2nc3ccccc3nc2-c2ccc(-n3c4cc5ccccc5cc4c4cc5c6ccccc6n(-c6ccccn6)c5cc43)cc2)cc1. The highest BCUT2D eigenvalue weighted by Gasteiger charge is 2.20. The molecule has 0 aliphatic heterocycles. The lowest BCUT2D eigenvalue weighted by Gasteiger charge is -2.13. The van der Waals surface area contributed by atoms with Crippen molar-refractivity contribution < 1.29 is 0 Å². The van der Waals surface area contributed by atoms with Gasteiger partial charge in [0.15, 0.2) is 0 Å². The molecule has 0 radical (unpaired) electrons. The lowest BCUT2D eigenvalue weighted by atomic mass is 10.0. The van der Waals surface area contributed by atoms with E-state index in [2.05, 4.69) is 143 Å². The first-order valence-electron chi connectivity index (χ1n) is 17.5. The van der Waals surface area contributed by atoms with Crippen LogP contribution in [0.25, 0.3) is 99.4 Å². The fourth-order valence-corrected chi connectivity index (χ4v) is 7.94. The van der Waals surface area contributed by atoms with E-state index in [1.807, 2.05) is 42.6 Å². The molecular weight excluding hydrogens is 635 g/mol. The number of hydrogen-bond acceptors (Lipinski definition) is 3. The molecule has 0 aliphatic rings. The van der Waals surface area contributed by atoms with Gasteiger partial charge < -0.3 is 4.57 Å². The summed E-state index contributed by atoms with van der Waals surface area (Å²) in [7, 11) is 0. The molecule has 4 heterocycles. The van der Waals surface area contributed by atoms with Crippen molar-refractivity contribution in [1.29, 1.82) is 0 Å². The summed E-state index contributed by atoms with van der Waals surface area (Å²) in [4.78, 5) is 15.1. The Morgan fingerprint density at radius 1 is 0.365 bits per heavy atom. The maximum absolute atomic E-state index is 5.16. The zero-order valence-electron chi connectivity index (χ0n) is 28.0. The molecular formula is C47H29N5. The quantitative estimate of drug-likeness (QED) is 0.188. The molecule has 11 rings (SSSR count). The maximum Gasteiger partial charge on any atom is 0.137 e. The highest BCUT2D eigenvalue weighted by molar-refractivity contribution is 6.20. The Morgan fingerprint density at radius 3 is 1.69 bits per heavy atom. The lowest BCUT2D eigenvalue weighted by Crippen LogP contribution is -1.98. The Morgan fingerprint density at radius 2 is 0.942 bits per heavy atom. The largest absolute Gasteiger partial charge is 0.309 e. The van der Waals surface area contributed by atoms with Crippen molar-refractivity contribution in [1.82, 2.24) is 24.1 Å². The van der Waals surface area contributed by atoms with Gasteiger partial charge in [-0.25, -0.2) is 15.0 Å². The summed E-state index contributed by atoms with van der Waals surface area (Å²) in [6.45, 7) is 0. The average Bonchev–Trinajstić information content (AvgIpc) is 3.70. The molecule has 0 fully saturated rings. The lowest BCUT2D eigenvalue weighted by molar-refractivity contribution is 1.08. The van der Waals surface area contributed by atoms with Crippen LogP contribution in [0.5, 0.6) is 0 Å². The number of hydrogen-bond donors (Lipinski definition) is 0. The molecule has 0 bridgehead atoms. The van der Waals surface area contributed by atoms with Gasteiger partial charge in [0.2, 0.25) is 0 Å². The van der Waals surface area contributed by atoms with Gasteiger partial charge in [-0.3, -0.25) is 4.57 Å². The predicted molar refractivity (Wildman–Crippen MR) is 214 cm³/mol. The van der Waals surface area contributed by atoms with E-state index in [0.717, 1.165) is 61.6 Å². The Kier molecular flexibility index (Phi) is 6.18. The summed E-state index contributed by atoms with van der Waals surface area (Å²) in [5.41, 5.74) is 11.2. The second kappa shape index (κ2) is 11.2. The van der Waals surface area contributed by atoms with Gasteiger partial charge in [-0.1, -0.05) is 103 Å². The van der Waals surface area contributed by atoms with E-state index in [1.54, 1.807) is 0 Å². The molecule has 0 saturated heterocycles.